The molecule has 0 bridgehead atoms. The van der Waals surface area contributed by atoms with Crippen molar-refractivity contribution in [3.05, 3.63) is 28.4 Å². The molecule has 0 unspecified atom stereocenters. The first-order valence-corrected chi connectivity index (χ1v) is 5.79. The van der Waals surface area contributed by atoms with Crippen LogP contribution in [0.15, 0.2) is 17.2 Å². The first-order chi connectivity index (χ1) is 8.25. The number of hydrogen-bond donors (Lipinski definition) is 3. The van der Waals surface area contributed by atoms with Gasteiger partial charge in [-0.15, -0.1) is 0 Å². The summed E-state index contributed by atoms with van der Waals surface area (Å²) in [6.07, 6.45) is 4.61. The minimum atomic E-state index is -0.306. The molecule has 3 N–H and O–H groups in total. The van der Waals surface area contributed by atoms with Gasteiger partial charge in [-0.2, -0.15) is 0 Å². The van der Waals surface area contributed by atoms with Crippen LogP contribution in [0.2, 0.25) is 0 Å². The molecular weight excluding hydrogens is 220 g/mol. The first kappa shape index (κ1) is 11.8. The number of piperidine rings is 1. The standard InChI is InChI=1S/C11H16N4O2/c16-10-7-13-9(6-14-10)11(17)15-5-8-1-3-12-4-2-8/h6-8,12H,1-5H2,(H,14,16)(H,15,17). The van der Waals surface area contributed by atoms with E-state index in [2.05, 4.69) is 20.6 Å². The topological polar surface area (TPSA) is 86.9 Å². The molecule has 1 saturated heterocycles. The third-order valence-corrected chi connectivity index (χ3v) is 2.91. The van der Waals surface area contributed by atoms with Gasteiger partial charge in [0.15, 0.2) is 0 Å². The van der Waals surface area contributed by atoms with Gasteiger partial charge in [0, 0.05) is 12.7 Å². The van der Waals surface area contributed by atoms with Crippen molar-refractivity contribution in [3.63, 3.8) is 0 Å². The zero-order valence-electron chi connectivity index (χ0n) is 9.53. The van der Waals surface area contributed by atoms with Crippen molar-refractivity contribution in [3.8, 4) is 0 Å². The summed E-state index contributed by atoms with van der Waals surface area (Å²) in [7, 11) is 0. The molecule has 0 saturated carbocycles. The zero-order chi connectivity index (χ0) is 12.1. The summed E-state index contributed by atoms with van der Waals surface area (Å²) in [5.41, 5.74) is -0.0570. The number of carbonyl (C=O) groups excluding carboxylic acids is 1. The number of aromatic nitrogens is 2. The van der Waals surface area contributed by atoms with Crippen LogP contribution in [0.25, 0.3) is 0 Å². The Hall–Kier alpha value is -1.69. The van der Waals surface area contributed by atoms with E-state index in [1.807, 2.05) is 0 Å². The number of aromatic amines is 1. The summed E-state index contributed by atoms with van der Waals surface area (Å²) in [5.74, 6) is 0.294. The minimum Gasteiger partial charge on any atom is -0.350 e. The van der Waals surface area contributed by atoms with Gasteiger partial charge in [0.05, 0.1) is 6.20 Å². The predicted molar refractivity (Wildman–Crippen MR) is 62.8 cm³/mol. The fourth-order valence-corrected chi connectivity index (χ4v) is 1.88. The molecule has 2 heterocycles. The van der Waals surface area contributed by atoms with Gasteiger partial charge >= 0.3 is 0 Å². The molecule has 1 aliphatic rings. The van der Waals surface area contributed by atoms with Crippen LogP contribution in [0, 0.1) is 5.92 Å². The molecule has 0 aliphatic carbocycles. The predicted octanol–water partition coefficient (Wildman–Crippen LogP) is -0.501. The largest absolute Gasteiger partial charge is 0.350 e. The maximum Gasteiger partial charge on any atom is 0.271 e. The summed E-state index contributed by atoms with van der Waals surface area (Å²) in [6.45, 7) is 2.69. The Kier molecular flexibility index (Phi) is 3.87. The maximum absolute atomic E-state index is 11.7. The molecule has 0 aromatic carbocycles. The average molecular weight is 236 g/mol. The highest BCUT2D eigenvalue weighted by molar-refractivity contribution is 5.91. The van der Waals surface area contributed by atoms with Crippen molar-refractivity contribution in [2.75, 3.05) is 19.6 Å². The van der Waals surface area contributed by atoms with Crippen molar-refractivity contribution < 1.29 is 4.79 Å². The lowest BCUT2D eigenvalue weighted by Crippen LogP contribution is -2.36. The third-order valence-electron chi connectivity index (χ3n) is 2.91. The Morgan fingerprint density at radius 3 is 2.88 bits per heavy atom. The van der Waals surface area contributed by atoms with E-state index in [-0.39, 0.29) is 17.2 Å². The van der Waals surface area contributed by atoms with E-state index in [1.54, 1.807) is 0 Å². The van der Waals surface area contributed by atoms with E-state index < -0.39 is 0 Å². The molecule has 1 fully saturated rings. The summed E-state index contributed by atoms with van der Waals surface area (Å²) < 4.78 is 0. The van der Waals surface area contributed by atoms with Crippen molar-refractivity contribution in [2.45, 2.75) is 12.8 Å². The number of hydrogen-bond acceptors (Lipinski definition) is 4. The van der Waals surface area contributed by atoms with E-state index in [0.29, 0.717) is 12.5 Å². The fraction of sp³-hybridized carbons (Fsp3) is 0.545. The lowest BCUT2D eigenvalue weighted by atomic mass is 9.98. The van der Waals surface area contributed by atoms with Crippen LogP contribution in [0.4, 0.5) is 0 Å². The SMILES string of the molecule is O=C(NCC1CCNCC1)c1c[nH]c(=O)cn1. The Morgan fingerprint density at radius 1 is 1.47 bits per heavy atom. The van der Waals surface area contributed by atoms with Crippen molar-refractivity contribution in [1.82, 2.24) is 20.6 Å². The van der Waals surface area contributed by atoms with E-state index in [9.17, 15) is 9.59 Å². The van der Waals surface area contributed by atoms with Crippen LogP contribution >= 0.6 is 0 Å². The lowest BCUT2D eigenvalue weighted by Gasteiger charge is -2.22. The Morgan fingerprint density at radius 2 is 2.24 bits per heavy atom. The number of nitrogens with one attached hydrogen (secondary N) is 3. The van der Waals surface area contributed by atoms with E-state index in [0.717, 1.165) is 32.1 Å². The summed E-state index contributed by atoms with van der Waals surface area (Å²) in [5, 5.41) is 6.11. The highest BCUT2D eigenvalue weighted by atomic mass is 16.2. The van der Waals surface area contributed by atoms with E-state index in [1.165, 1.54) is 6.20 Å². The highest BCUT2D eigenvalue weighted by Gasteiger charge is 2.14. The molecule has 0 atom stereocenters. The van der Waals surface area contributed by atoms with Gasteiger partial charge in [-0.3, -0.25) is 9.59 Å². The molecule has 92 valence electrons. The second-order valence-electron chi connectivity index (χ2n) is 4.20. The third kappa shape index (κ3) is 3.39. The van der Waals surface area contributed by atoms with Crippen LogP contribution in [0.5, 0.6) is 0 Å². The van der Waals surface area contributed by atoms with E-state index >= 15 is 0 Å². The molecule has 1 aromatic heterocycles. The van der Waals surface area contributed by atoms with Gasteiger partial charge in [0.1, 0.15) is 5.69 Å². The van der Waals surface area contributed by atoms with Gasteiger partial charge in [-0.05, 0) is 31.8 Å². The molecular formula is C11H16N4O2. The molecule has 2 rings (SSSR count). The summed E-state index contributed by atoms with van der Waals surface area (Å²) in [4.78, 5) is 28.7. The molecule has 1 aliphatic heterocycles. The average Bonchev–Trinajstić information content (AvgIpc) is 2.38. The van der Waals surface area contributed by atoms with E-state index in [4.69, 9.17) is 0 Å². The van der Waals surface area contributed by atoms with Crippen LogP contribution in [0.1, 0.15) is 23.3 Å². The van der Waals surface area contributed by atoms with Gasteiger partial charge in [-0.1, -0.05) is 0 Å². The van der Waals surface area contributed by atoms with Crippen LogP contribution in [-0.2, 0) is 0 Å². The van der Waals surface area contributed by atoms with Gasteiger partial charge in [0.25, 0.3) is 11.5 Å². The fourth-order valence-electron chi connectivity index (χ4n) is 1.88. The molecule has 0 radical (unpaired) electrons. The zero-order valence-corrected chi connectivity index (χ0v) is 9.53. The highest BCUT2D eigenvalue weighted by Crippen LogP contribution is 2.09. The maximum atomic E-state index is 11.7. The monoisotopic (exact) mass is 236 g/mol. The van der Waals surface area contributed by atoms with Crippen molar-refractivity contribution in [2.24, 2.45) is 5.92 Å². The van der Waals surface area contributed by atoms with Crippen molar-refractivity contribution >= 4 is 5.91 Å². The molecule has 6 heteroatoms. The molecule has 17 heavy (non-hydrogen) atoms. The minimum absolute atomic E-state index is 0.236. The number of rotatable bonds is 3. The number of nitrogens with zero attached hydrogens (tertiary/aromatic N) is 1. The number of amides is 1. The Labute approximate surface area is 98.8 Å². The van der Waals surface area contributed by atoms with Gasteiger partial charge in [-0.25, -0.2) is 4.98 Å². The molecule has 1 aromatic rings. The Balaban J connectivity index is 1.84. The smallest absolute Gasteiger partial charge is 0.271 e. The Bertz CT molecular complexity index is 417. The van der Waals surface area contributed by atoms with Gasteiger partial charge in [0.2, 0.25) is 0 Å². The quantitative estimate of drug-likeness (QED) is 0.660. The van der Waals surface area contributed by atoms with Crippen LogP contribution in [-0.4, -0.2) is 35.5 Å². The van der Waals surface area contributed by atoms with Crippen LogP contribution < -0.4 is 16.2 Å². The lowest BCUT2D eigenvalue weighted by molar-refractivity contribution is 0.0938. The summed E-state index contributed by atoms with van der Waals surface area (Å²) in [6, 6.07) is 0. The molecule has 0 spiro atoms. The summed E-state index contributed by atoms with van der Waals surface area (Å²) >= 11 is 0. The van der Waals surface area contributed by atoms with Crippen LogP contribution in [0.3, 0.4) is 0 Å². The normalized spacial score (nSPS) is 16.7. The second kappa shape index (κ2) is 5.58. The number of H-pyrrole nitrogens is 1. The second-order valence-corrected chi connectivity index (χ2v) is 4.20. The van der Waals surface area contributed by atoms with Crippen molar-refractivity contribution in [1.29, 1.82) is 0 Å². The first-order valence-electron chi connectivity index (χ1n) is 5.79. The number of carbonyl (C=O) groups is 1. The molecule has 6 nitrogen and oxygen atoms in total. The molecule has 1 amide bonds. The van der Waals surface area contributed by atoms with Gasteiger partial charge < -0.3 is 15.6 Å².